The van der Waals surface area contributed by atoms with Gasteiger partial charge in [-0.25, -0.2) is 0 Å². The molecule has 0 radical (unpaired) electrons. The monoisotopic (exact) mass is 465 g/mol. The molecule has 0 bridgehead atoms. The maximum absolute atomic E-state index is 13.5. The SMILES string of the molecule is O=C(C1=C(O)C(=O)N(C2CCCC2)C1c1ccccc1)c1cc2cc(Br)ccc2o1. The highest BCUT2D eigenvalue weighted by Crippen LogP contribution is 2.43. The molecule has 3 aromatic rings. The predicted octanol–water partition coefficient (Wildman–Crippen LogP) is 5.72. The van der Waals surface area contributed by atoms with Gasteiger partial charge in [0.2, 0.25) is 5.78 Å². The van der Waals surface area contributed by atoms with Crippen molar-refractivity contribution >= 4 is 38.6 Å². The minimum absolute atomic E-state index is 0.0155. The molecule has 1 aromatic heterocycles. The first-order valence-electron chi connectivity index (χ1n) is 10.1. The van der Waals surface area contributed by atoms with Crippen molar-refractivity contribution in [3.05, 3.63) is 81.7 Å². The van der Waals surface area contributed by atoms with Gasteiger partial charge in [0, 0.05) is 15.9 Å². The first-order valence-corrected chi connectivity index (χ1v) is 10.9. The van der Waals surface area contributed by atoms with Crippen molar-refractivity contribution < 1.29 is 19.1 Å². The third-order valence-corrected chi connectivity index (χ3v) is 6.52. The Labute approximate surface area is 182 Å². The molecule has 1 saturated carbocycles. The maximum atomic E-state index is 13.5. The Morgan fingerprint density at radius 2 is 1.80 bits per heavy atom. The fourth-order valence-corrected chi connectivity index (χ4v) is 5.01. The number of rotatable bonds is 4. The van der Waals surface area contributed by atoms with Crippen LogP contribution in [0.2, 0.25) is 0 Å². The zero-order chi connectivity index (χ0) is 20.8. The largest absolute Gasteiger partial charge is 0.503 e. The summed E-state index contributed by atoms with van der Waals surface area (Å²) in [5.74, 6) is -1.28. The van der Waals surface area contributed by atoms with Crippen molar-refractivity contribution in [2.24, 2.45) is 0 Å². The van der Waals surface area contributed by atoms with E-state index in [-0.39, 0.29) is 17.4 Å². The molecule has 0 saturated heterocycles. The Kier molecular flexibility index (Phi) is 4.74. The van der Waals surface area contributed by atoms with Crippen LogP contribution in [0.3, 0.4) is 0 Å². The molecule has 2 aliphatic rings. The average molecular weight is 466 g/mol. The number of hydrogen-bond acceptors (Lipinski definition) is 4. The normalized spacial score (nSPS) is 20.0. The van der Waals surface area contributed by atoms with E-state index in [0.717, 1.165) is 41.1 Å². The van der Waals surface area contributed by atoms with Crippen LogP contribution in [-0.4, -0.2) is 27.7 Å². The second kappa shape index (κ2) is 7.43. The highest BCUT2D eigenvalue weighted by Gasteiger charge is 2.47. The second-order valence-corrected chi connectivity index (χ2v) is 8.76. The molecule has 152 valence electrons. The zero-order valence-electron chi connectivity index (χ0n) is 16.2. The van der Waals surface area contributed by atoms with Gasteiger partial charge >= 0.3 is 0 Å². The molecule has 1 amide bonds. The fourth-order valence-electron chi connectivity index (χ4n) is 4.64. The summed E-state index contributed by atoms with van der Waals surface area (Å²) in [7, 11) is 0. The summed E-state index contributed by atoms with van der Waals surface area (Å²) in [6.45, 7) is 0. The van der Waals surface area contributed by atoms with Crippen LogP contribution in [0.5, 0.6) is 0 Å². The van der Waals surface area contributed by atoms with E-state index in [0.29, 0.717) is 5.58 Å². The molecule has 2 heterocycles. The van der Waals surface area contributed by atoms with Crippen LogP contribution in [0.1, 0.15) is 47.8 Å². The summed E-state index contributed by atoms with van der Waals surface area (Å²) in [6.07, 6.45) is 3.84. The summed E-state index contributed by atoms with van der Waals surface area (Å²) in [6, 6.07) is 16.0. The molecule has 5 rings (SSSR count). The van der Waals surface area contributed by atoms with Gasteiger partial charge in [-0.15, -0.1) is 0 Å². The summed E-state index contributed by atoms with van der Waals surface area (Å²) in [5.41, 5.74) is 1.48. The number of ketones is 1. The van der Waals surface area contributed by atoms with E-state index in [1.165, 1.54) is 0 Å². The Hall–Kier alpha value is -2.86. The van der Waals surface area contributed by atoms with Crippen molar-refractivity contribution in [3.8, 4) is 0 Å². The van der Waals surface area contributed by atoms with E-state index in [2.05, 4.69) is 15.9 Å². The van der Waals surface area contributed by atoms with E-state index in [1.54, 1.807) is 17.0 Å². The molecule has 1 aliphatic carbocycles. The molecule has 6 heteroatoms. The number of furan rings is 1. The van der Waals surface area contributed by atoms with Crippen LogP contribution in [-0.2, 0) is 4.79 Å². The van der Waals surface area contributed by atoms with E-state index < -0.39 is 23.5 Å². The van der Waals surface area contributed by atoms with Gasteiger partial charge in [-0.3, -0.25) is 9.59 Å². The molecule has 1 N–H and O–H groups in total. The van der Waals surface area contributed by atoms with Crippen molar-refractivity contribution in [1.82, 2.24) is 4.90 Å². The van der Waals surface area contributed by atoms with Crippen LogP contribution < -0.4 is 0 Å². The lowest BCUT2D eigenvalue weighted by Crippen LogP contribution is -2.38. The smallest absolute Gasteiger partial charge is 0.290 e. The molecule has 1 fully saturated rings. The van der Waals surface area contributed by atoms with Gasteiger partial charge in [0.1, 0.15) is 5.58 Å². The third kappa shape index (κ3) is 3.06. The van der Waals surface area contributed by atoms with E-state index >= 15 is 0 Å². The molecular formula is C24H20BrNO4. The number of aliphatic hydroxyl groups is 1. The fraction of sp³-hybridized carbons (Fsp3) is 0.250. The number of fused-ring (bicyclic) bond motifs is 1. The van der Waals surface area contributed by atoms with Crippen LogP contribution in [0.4, 0.5) is 0 Å². The Morgan fingerprint density at radius 1 is 1.07 bits per heavy atom. The van der Waals surface area contributed by atoms with E-state index in [4.69, 9.17) is 4.42 Å². The van der Waals surface area contributed by atoms with Crippen molar-refractivity contribution in [2.75, 3.05) is 0 Å². The number of hydrogen-bond donors (Lipinski definition) is 1. The quantitative estimate of drug-likeness (QED) is 0.500. The lowest BCUT2D eigenvalue weighted by atomic mass is 9.94. The van der Waals surface area contributed by atoms with Gasteiger partial charge in [0.25, 0.3) is 5.91 Å². The first kappa shape index (κ1) is 19.1. The summed E-state index contributed by atoms with van der Waals surface area (Å²) >= 11 is 3.42. The minimum atomic E-state index is -0.616. The first-order chi connectivity index (χ1) is 14.5. The number of aliphatic hydroxyl groups excluding tert-OH is 1. The number of amides is 1. The zero-order valence-corrected chi connectivity index (χ0v) is 17.8. The number of halogens is 1. The third-order valence-electron chi connectivity index (χ3n) is 6.02. The number of benzene rings is 2. The predicted molar refractivity (Wildman–Crippen MR) is 116 cm³/mol. The molecular weight excluding hydrogens is 446 g/mol. The summed E-state index contributed by atoms with van der Waals surface area (Å²) in [4.78, 5) is 28.3. The van der Waals surface area contributed by atoms with E-state index in [1.807, 2.05) is 42.5 Å². The molecule has 5 nitrogen and oxygen atoms in total. The highest BCUT2D eigenvalue weighted by atomic mass is 79.9. The van der Waals surface area contributed by atoms with E-state index in [9.17, 15) is 14.7 Å². The lowest BCUT2D eigenvalue weighted by molar-refractivity contribution is -0.131. The van der Waals surface area contributed by atoms with Gasteiger partial charge in [0.15, 0.2) is 11.5 Å². The Morgan fingerprint density at radius 3 is 2.53 bits per heavy atom. The summed E-state index contributed by atoms with van der Waals surface area (Å²) in [5, 5.41) is 11.6. The van der Waals surface area contributed by atoms with Crippen LogP contribution >= 0.6 is 15.9 Å². The Bertz CT molecular complexity index is 1170. The number of carbonyl (C=O) groups excluding carboxylic acids is 2. The van der Waals surface area contributed by atoms with Crippen molar-refractivity contribution in [2.45, 2.75) is 37.8 Å². The van der Waals surface area contributed by atoms with Crippen LogP contribution in [0, 0.1) is 0 Å². The number of Topliss-reactive ketones (excluding diaryl/α,β-unsaturated/α-hetero) is 1. The highest BCUT2D eigenvalue weighted by molar-refractivity contribution is 9.10. The average Bonchev–Trinajstić information content (AvgIpc) is 3.47. The second-order valence-electron chi connectivity index (χ2n) is 7.85. The number of nitrogens with zero attached hydrogens (tertiary/aromatic N) is 1. The van der Waals surface area contributed by atoms with Gasteiger partial charge in [-0.1, -0.05) is 59.1 Å². The molecule has 1 atom stereocenters. The van der Waals surface area contributed by atoms with Crippen LogP contribution in [0.25, 0.3) is 11.0 Å². The minimum Gasteiger partial charge on any atom is -0.503 e. The summed E-state index contributed by atoms with van der Waals surface area (Å²) < 4.78 is 6.66. The van der Waals surface area contributed by atoms with Crippen molar-refractivity contribution in [1.29, 1.82) is 0 Å². The van der Waals surface area contributed by atoms with Gasteiger partial charge < -0.3 is 14.4 Å². The Balaban J connectivity index is 1.61. The standard InChI is InChI=1S/C24H20BrNO4/c25-16-10-11-18-15(12-16)13-19(30-18)22(27)20-21(14-6-2-1-3-7-14)26(24(29)23(20)28)17-8-4-5-9-17/h1-3,6-7,10-13,17,21,28H,4-5,8-9H2. The maximum Gasteiger partial charge on any atom is 0.290 e. The van der Waals surface area contributed by atoms with Gasteiger partial charge in [0.05, 0.1) is 11.6 Å². The topological polar surface area (TPSA) is 70.8 Å². The van der Waals surface area contributed by atoms with Crippen LogP contribution in [0.15, 0.2) is 74.8 Å². The molecule has 2 aromatic carbocycles. The lowest BCUT2D eigenvalue weighted by Gasteiger charge is -2.32. The molecule has 1 aliphatic heterocycles. The number of carbonyl (C=O) groups is 2. The molecule has 0 spiro atoms. The van der Waals surface area contributed by atoms with Gasteiger partial charge in [-0.2, -0.15) is 0 Å². The van der Waals surface area contributed by atoms with Crippen molar-refractivity contribution in [3.63, 3.8) is 0 Å². The molecule has 30 heavy (non-hydrogen) atoms. The van der Waals surface area contributed by atoms with Gasteiger partial charge in [-0.05, 0) is 42.7 Å². The molecule has 1 unspecified atom stereocenters.